The lowest BCUT2D eigenvalue weighted by Gasteiger charge is -2.28. The van der Waals surface area contributed by atoms with Gasteiger partial charge < -0.3 is 4.74 Å². The first-order valence-corrected chi connectivity index (χ1v) is 8.16. The standard InChI is InChI=1S/C19H20N4O4/c1-13-6-5-7-16(23(25)26)17(13)22(18(24)27-19(2,3)4)21-15-10-8-14(12-20)9-11-15/h5-11,21H,1-4H3. The molecule has 2 rings (SSSR count). The molecule has 0 fully saturated rings. The largest absolute Gasteiger partial charge is 0.442 e. The van der Waals surface area contributed by atoms with Crippen LogP contribution in [0.2, 0.25) is 0 Å². The van der Waals surface area contributed by atoms with E-state index in [0.29, 0.717) is 16.8 Å². The molecule has 0 unspecified atom stereocenters. The molecule has 0 aliphatic carbocycles. The first-order chi connectivity index (χ1) is 12.6. The number of carbonyl (C=O) groups is 1. The number of hydrogen-bond donors (Lipinski definition) is 1. The van der Waals surface area contributed by atoms with Crippen LogP contribution in [-0.2, 0) is 4.74 Å². The predicted molar refractivity (Wildman–Crippen MR) is 101 cm³/mol. The molecule has 8 heteroatoms. The number of nitriles is 1. The van der Waals surface area contributed by atoms with Crippen molar-refractivity contribution in [1.29, 1.82) is 5.26 Å². The average Bonchev–Trinajstić information content (AvgIpc) is 2.58. The van der Waals surface area contributed by atoms with E-state index in [4.69, 9.17) is 10.00 Å². The summed E-state index contributed by atoms with van der Waals surface area (Å²) in [7, 11) is 0. The number of nitrogens with zero attached hydrogens (tertiary/aromatic N) is 3. The fourth-order valence-corrected chi connectivity index (χ4v) is 2.33. The Morgan fingerprint density at radius 2 is 1.85 bits per heavy atom. The van der Waals surface area contributed by atoms with Crippen molar-refractivity contribution < 1.29 is 14.5 Å². The van der Waals surface area contributed by atoms with Crippen molar-refractivity contribution in [2.75, 3.05) is 10.4 Å². The summed E-state index contributed by atoms with van der Waals surface area (Å²) in [4.78, 5) is 23.7. The molecule has 0 spiro atoms. The smallest absolute Gasteiger partial charge is 0.434 e. The molecule has 0 aliphatic rings. The molecule has 140 valence electrons. The highest BCUT2D eigenvalue weighted by Crippen LogP contribution is 2.33. The number of hydrazine groups is 1. The van der Waals surface area contributed by atoms with E-state index in [1.165, 1.54) is 6.07 Å². The molecule has 1 amide bonds. The number of nitrogens with one attached hydrogen (secondary N) is 1. The van der Waals surface area contributed by atoms with Gasteiger partial charge in [0.1, 0.15) is 5.60 Å². The van der Waals surface area contributed by atoms with Gasteiger partial charge in [0, 0.05) is 6.07 Å². The third-order valence-corrected chi connectivity index (χ3v) is 3.47. The van der Waals surface area contributed by atoms with Crippen LogP contribution in [0.4, 0.5) is 21.9 Å². The third-order valence-electron chi connectivity index (χ3n) is 3.47. The minimum Gasteiger partial charge on any atom is -0.442 e. The lowest BCUT2D eigenvalue weighted by molar-refractivity contribution is -0.384. The van der Waals surface area contributed by atoms with E-state index in [9.17, 15) is 14.9 Å². The van der Waals surface area contributed by atoms with E-state index in [0.717, 1.165) is 5.01 Å². The molecule has 8 nitrogen and oxygen atoms in total. The summed E-state index contributed by atoms with van der Waals surface area (Å²) in [5, 5.41) is 21.4. The molecule has 1 N–H and O–H groups in total. The highest BCUT2D eigenvalue weighted by molar-refractivity contribution is 5.94. The summed E-state index contributed by atoms with van der Waals surface area (Å²) < 4.78 is 5.41. The van der Waals surface area contributed by atoms with Gasteiger partial charge in [-0.05, 0) is 57.5 Å². The molecule has 0 bridgehead atoms. The van der Waals surface area contributed by atoms with Gasteiger partial charge in [-0.15, -0.1) is 0 Å². The number of nitro groups is 1. The number of carbonyl (C=O) groups excluding carboxylic acids is 1. The topological polar surface area (TPSA) is 109 Å². The molecule has 0 saturated carbocycles. The van der Waals surface area contributed by atoms with Gasteiger partial charge in [-0.1, -0.05) is 12.1 Å². The molecular formula is C19H20N4O4. The van der Waals surface area contributed by atoms with Gasteiger partial charge in [0.15, 0.2) is 5.69 Å². The molecule has 0 saturated heterocycles. The second kappa shape index (κ2) is 7.74. The number of ether oxygens (including phenoxy) is 1. The predicted octanol–water partition coefficient (Wildman–Crippen LogP) is 4.54. The van der Waals surface area contributed by atoms with E-state index in [2.05, 4.69) is 5.43 Å². The van der Waals surface area contributed by atoms with Crippen LogP contribution >= 0.6 is 0 Å². The number of anilines is 2. The SMILES string of the molecule is Cc1cccc([N+](=O)[O-])c1N(Nc1ccc(C#N)cc1)C(=O)OC(C)(C)C. The fourth-order valence-electron chi connectivity index (χ4n) is 2.33. The van der Waals surface area contributed by atoms with Crippen LogP contribution in [0.3, 0.4) is 0 Å². The summed E-state index contributed by atoms with van der Waals surface area (Å²) >= 11 is 0. The van der Waals surface area contributed by atoms with Crippen LogP contribution in [-0.4, -0.2) is 16.6 Å². The minimum atomic E-state index is -0.793. The number of hydrogen-bond acceptors (Lipinski definition) is 6. The lowest BCUT2D eigenvalue weighted by Crippen LogP contribution is -2.41. The summed E-state index contributed by atoms with van der Waals surface area (Å²) in [5.74, 6) is 0. The van der Waals surface area contributed by atoms with E-state index >= 15 is 0 Å². The van der Waals surface area contributed by atoms with E-state index in [1.807, 2.05) is 6.07 Å². The molecule has 2 aromatic carbocycles. The number of para-hydroxylation sites is 1. The zero-order valence-corrected chi connectivity index (χ0v) is 15.5. The Bertz CT molecular complexity index is 895. The molecule has 27 heavy (non-hydrogen) atoms. The second-order valence-electron chi connectivity index (χ2n) is 6.82. The Labute approximate surface area is 157 Å². The summed E-state index contributed by atoms with van der Waals surface area (Å²) in [6.45, 7) is 6.78. The molecule has 0 radical (unpaired) electrons. The Morgan fingerprint density at radius 3 is 2.37 bits per heavy atom. The van der Waals surface area contributed by atoms with Crippen molar-refractivity contribution in [3.05, 3.63) is 63.7 Å². The van der Waals surface area contributed by atoms with Crippen molar-refractivity contribution in [2.45, 2.75) is 33.3 Å². The highest BCUT2D eigenvalue weighted by Gasteiger charge is 2.30. The lowest BCUT2D eigenvalue weighted by atomic mass is 10.1. The van der Waals surface area contributed by atoms with Gasteiger partial charge in [0.2, 0.25) is 0 Å². The Hall–Kier alpha value is -3.60. The van der Waals surface area contributed by atoms with Gasteiger partial charge in [0.05, 0.1) is 22.2 Å². The van der Waals surface area contributed by atoms with Crippen molar-refractivity contribution in [3.8, 4) is 6.07 Å². The summed E-state index contributed by atoms with van der Waals surface area (Å²) in [6.07, 6.45) is -0.788. The van der Waals surface area contributed by atoms with Crippen LogP contribution < -0.4 is 10.4 Å². The van der Waals surface area contributed by atoms with Crippen LogP contribution in [0.25, 0.3) is 0 Å². The zero-order valence-electron chi connectivity index (χ0n) is 15.5. The average molecular weight is 368 g/mol. The molecule has 0 aliphatic heterocycles. The van der Waals surface area contributed by atoms with Crippen LogP contribution in [0, 0.1) is 28.4 Å². The van der Waals surface area contributed by atoms with E-state index in [1.54, 1.807) is 64.1 Å². The van der Waals surface area contributed by atoms with Crippen molar-refractivity contribution in [2.24, 2.45) is 0 Å². The number of amides is 1. The van der Waals surface area contributed by atoms with Crippen LogP contribution in [0.5, 0.6) is 0 Å². The van der Waals surface area contributed by atoms with E-state index in [-0.39, 0.29) is 11.4 Å². The third kappa shape index (κ3) is 4.95. The molecule has 0 aromatic heterocycles. The Balaban J connectivity index is 2.52. The molecule has 0 atom stereocenters. The van der Waals surface area contributed by atoms with Gasteiger partial charge >= 0.3 is 6.09 Å². The fraction of sp³-hybridized carbons (Fsp3) is 0.263. The van der Waals surface area contributed by atoms with Crippen molar-refractivity contribution in [3.63, 3.8) is 0 Å². The summed E-state index contributed by atoms with van der Waals surface area (Å²) in [6, 6.07) is 12.9. The summed E-state index contributed by atoms with van der Waals surface area (Å²) in [5.41, 5.74) is 3.35. The number of rotatable bonds is 4. The number of nitro benzene ring substituents is 1. The first kappa shape index (κ1) is 19.7. The Kier molecular flexibility index (Phi) is 5.66. The highest BCUT2D eigenvalue weighted by atomic mass is 16.6. The second-order valence-corrected chi connectivity index (χ2v) is 6.82. The van der Waals surface area contributed by atoms with Gasteiger partial charge in [-0.3, -0.25) is 15.5 Å². The van der Waals surface area contributed by atoms with Gasteiger partial charge in [0.25, 0.3) is 5.69 Å². The maximum atomic E-state index is 12.8. The van der Waals surface area contributed by atoms with Gasteiger partial charge in [-0.25, -0.2) is 4.79 Å². The number of benzene rings is 2. The molecular weight excluding hydrogens is 348 g/mol. The Morgan fingerprint density at radius 1 is 1.22 bits per heavy atom. The van der Waals surface area contributed by atoms with Crippen molar-refractivity contribution >= 4 is 23.2 Å². The number of aryl methyl sites for hydroxylation is 1. The maximum Gasteiger partial charge on any atom is 0.434 e. The maximum absolute atomic E-state index is 12.8. The quantitative estimate of drug-likeness (QED) is 0.627. The van der Waals surface area contributed by atoms with Crippen LogP contribution in [0.1, 0.15) is 31.9 Å². The molecule has 2 aromatic rings. The minimum absolute atomic E-state index is 0.0844. The van der Waals surface area contributed by atoms with Gasteiger partial charge in [-0.2, -0.15) is 10.3 Å². The first-order valence-electron chi connectivity index (χ1n) is 8.16. The zero-order chi connectivity index (χ0) is 20.2. The van der Waals surface area contributed by atoms with E-state index < -0.39 is 16.6 Å². The van der Waals surface area contributed by atoms with Crippen LogP contribution in [0.15, 0.2) is 42.5 Å². The monoisotopic (exact) mass is 368 g/mol. The normalized spacial score (nSPS) is 10.6. The molecule has 0 heterocycles. The van der Waals surface area contributed by atoms with Crippen molar-refractivity contribution in [1.82, 2.24) is 0 Å².